The highest BCUT2D eigenvalue weighted by Crippen LogP contribution is 2.26. The van der Waals surface area contributed by atoms with E-state index in [9.17, 15) is 0 Å². The first kappa shape index (κ1) is 9.29. The molecule has 0 spiro atoms. The monoisotopic (exact) mass is 231 g/mol. The molecule has 3 rings (SSSR count). The van der Waals surface area contributed by atoms with Crippen molar-refractivity contribution < 1.29 is 0 Å². The van der Waals surface area contributed by atoms with Gasteiger partial charge >= 0.3 is 0 Å². The van der Waals surface area contributed by atoms with Gasteiger partial charge in [-0.15, -0.1) is 11.3 Å². The van der Waals surface area contributed by atoms with E-state index in [1.807, 2.05) is 25.3 Å². The molecule has 6 heteroatoms. The second-order valence-corrected chi connectivity index (χ2v) is 4.62. The summed E-state index contributed by atoms with van der Waals surface area (Å²) in [7, 11) is 0. The van der Waals surface area contributed by atoms with E-state index >= 15 is 0 Å². The molecule has 0 aliphatic rings. The second kappa shape index (κ2) is 3.57. The van der Waals surface area contributed by atoms with Gasteiger partial charge in [-0.1, -0.05) is 0 Å². The third-order valence-corrected chi connectivity index (χ3v) is 3.19. The average molecular weight is 231 g/mol. The van der Waals surface area contributed by atoms with Crippen molar-refractivity contribution in [1.82, 2.24) is 25.4 Å². The number of aryl methyl sites for hydroxylation is 1. The molecule has 0 unspecified atom stereocenters. The maximum absolute atomic E-state index is 4.23. The molecule has 5 nitrogen and oxygen atoms in total. The summed E-state index contributed by atoms with van der Waals surface area (Å²) in [6, 6.07) is 3.87. The first-order valence-corrected chi connectivity index (χ1v) is 5.62. The fraction of sp³-hybridized carbons (Fsp3) is 0.100. The molecular weight excluding hydrogens is 222 g/mol. The van der Waals surface area contributed by atoms with Crippen LogP contribution in [0.3, 0.4) is 0 Å². The molecule has 16 heavy (non-hydrogen) atoms. The molecule has 0 bridgehead atoms. The first-order chi connectivity index (χ1) is 7.83. The summed E-state index contributed by atoms with van der Waals surface area (Å²) in [4.78, 5) is 5.31. The van der Waals surface area contributed by atoms with E-state index in [0.717, 1.165) is 27.0 Å². The lowest BCUT2D eigenvalue weighted by atomic mass is 10.3. The zero-order chi connectivity index (χ0) is 11.0. The van der Waals surface area contributed by atoms with Gasteiger partial charge in [-0.2, -0.15) is 10.2 Å². The maximum atomic E-state index is 4.23. The molecule has 0 aliphatic heterocycles. The van der Waals surface area contributed by atoms with E-state index in [-0.39, 0.29) is 0 Å². The molecule has 0 atom stereocenters. The molecule has 2 N–H and O–H groups in total. The second-order valence-electron chi connectivity index (χ2n) is 3.38. The highest BCUT2D eigenvalue weighted by molar-refractivity contribution is 7.15. The number of hydrogen-bond acceptors (Lipinski definition) is 4. The average Bonchev–Trinajstić information content (AvgIpc) is 2.97. The van der Waals surface area contributed by atoms with Crippen LogP contribution in [0.15, 0.2) is 24.5 Å². The van der Waals surface area contributed by atoms with Crippen LogP contribution in [0.1, 0.15) is 5.01 Å². The molecule has 80 valence electrons. The number of nitrogens with one attached hydrogen (secondary N) is 2. The minimum absolute atomic E-state index is 0.860. The van der Waals surface area contributed by atoms with E-state index in [4.69, 9.17) is 0 Å². The lowest BCUT2D eigenvalue weighted by Crippen LogP contribution is -1.76. The van der Waals surface area contributed by atoms with Crippen molar-refractivity contribution in [1.29, 1.82) is 0 Å². The van der Waals surface area contributed by atoms with Crippen LogP contribution in [-0.2, 0) is 0 Å². The number of hydrogen-bond donors (Lipinski definition) is 2. The van der Waals surface area contributed by atoms with Crippen molar-refractivity contribution in [3.63, 3.8) is 0 Å². The van der Waals surface area contributed by atoms with Crippen LogP contribution in [0.25, 0.3) is 22.0 Å². The van der Waals surface area contributed by atoms with E-state index in [1.54, 1.807) is 17.5 Å². The predicted molar refractivity (Wildman–Crippen MR) is 62.0 cm³/mol. The topological polar surface area (TPSA) is 70.2 Å². The van der Waals surface area contributed by atoms with Crippen molar-refractivity contribution in [2.45, 2.75) is 6.92 Å². The van der Waals surface area contributed by atoms with Crippen LogP contribution in [0.4, 0.5) is 0 Å². The molecule has 3 heterocycles. The molecule has 0 amide bonds. The summed E-state index contributed by atoms with van der Waals surface area (Å²) in [5.41, 5.74) is 2.75. The summed E-state index contributed by atoms with van der Waals surface area (Å²) in [5.74, 6) is 0. The van der Waals surface area contributed by atoms with Gasteiger partial charge < -0.3 is 0 Å². The summed E-state index contributed by atoms with van der Waals surface area (Å²) in [6.45, 7) is 1.99. The number of thiazole rings is 1. The number of rotatable bonds is 2. The number of nitrogens with zero attached hydrogens (tertiary/aromatic N) is 3. The lowest BCUT2D eigenvalue weighted by Gasteiger charge is -1.86. The Bertz CT molecular complexity index is 592. The van der Waals surface area contributed by atoms with Crippen LogP contribution in [0.5, 0.6) is 0 Å². The van der Waals surface area contributed by atoms with Crippen LogP contribution in [-0.4, -0.2) is 25.4 Å². The fourth-order valence-electron chi connectivity index (χ4n) is 1.47. The Hall–Kier alpha value is -1.95. The van der Waals surface area contributed by atoms with E-state index in [1.165, 1.54) is 0 Å². The Kier molecular flexibility index (Phi) is 2.07. The number of H-pyrrole nitrogens is 2. The molecule has 3 aromatic rings. The van der Waals surface area contributed by atoms with E-state index in [2.05, 4.69) is 25.4 Å². The van der Waals surface area contributed by atoms with Crippen LogP contribution < -0.4 is 0 Å². The Balaban J connectivity index is 2.00. The molecular formula is C10H9N5S. The zero-order valence-electron chi connectivity index (χ0n) is 8.56. The largest absolute Gasteiger partial charge is 0.276 e. The Morgan fingerprint density at radius 3 is 2.88 bits per heavy atom. The molecule has 0 aliphatic carbocycles. The molecule has 3 aromatic heterocycles. The van der Waals surface area contributed by atoms with Gasteiger partial charge in [-0.25, -0.2) is 4.98 Å². The van der Waals surface area contributed by atoms with Gasteiger partial charge in [0.2, 0.25) is 0 Å². The molecule has 0 radical (unpaired) electrons. The minimum atomic E-state index is 0.860. The quantitative estimate of drug-likeness (QED) is 0.710. The van der Waals surface area contributed by atoms with Crippen molar-refractivity contribution >= 4 is 11.3 Å². The number of aromatic amines is 2. The smallest absolute Gasteiger partial charge is 0.111 e. The van der Waals surface area contributed by atoms with Gasteiger partial charge in [0.15, 0.2) is 0 Å². The summed E-state index contributed by atoms with van der Waals surface area (Å²) >= 11 is 1.64. The van der Waals surface area contributed by atoms with Gasteiger partial charge in [0.05, 0.1) is 21.3 Å². The summed E-state index contributed by atoms with van der Waals surface area (Å²) in [5, 5.41) is 15.0. The van der Waals surface area contributed by atoms with Crippen LogP contribution in [0, 0.1) is 6.92 Å². The van der Waals surface area contributed by atoms with E-state index in [0.29, 0.717) is 0 Å². The molecule has 0 saturated heterocycles. The van der Waals surface area contributed by atoms with Gasteiger partial charge in [-0.3, -0.25) is 10.2 Å². The fourth-order valence-corrected chi connectivity index (χ4v) is 2.21. The number of aromatic nitrogens is 5. The van der Waals surface area contributed by atoms with Crippen molar-refractivity contribution in [2.75, 3.05) is 0 Å². The Morgan fingerprint density at radius 2 is 2.19 bits per heavy atom. The highest BCUT2D eigenvalue weighted by Gasteiger charge is 2.08. The standard InChI is InChI=1S/C10H9N5S/c1-6-11-5-10(16-6)9-4-8(14-15-9)7-2-3-12-13-7/h2-5H,1H3,(H,12,13)(H,14,15). The van der Waals surface area contributed by atoms with Crippen LogP contribution in [0.2, 0.25) is 0 Å². The predicted octanol–water partition coefficient (Wildman–Crippen LogP) is 2.23. The molecule has 0 aromatic carbocycles. The van der Waals surface area contributed by atoms with Crippen molar-refractivity contribution in [3.8, 4) is 22.0 Å². The van der Waals surface area contributed by atoms with Gasteiger partial charge in [0.1, 0.15) is 5.69 Å². The SMILES string of the molecule is Cc1ncc(-c2cc(-c3ccn[nH]3)n[nH]2)s1. The Morgan fingerprint density at radius 1 is 1.25 bits per heavy atom. The third-order valence-electron chi connectivity index (χ3n) is 2.24. The first-order valence-electron chi connectivity index (χ1n) is 4.81. The zero-order valence-corrected chi connectivity index (χ0v) is 9.38. The van der Waals surface area contributed by atoms with Gasteiger partial charge in [0.25, 0.3) is 0 Å². The highest BCUT2D eigenvalue weighted by atomic mass is 32.1. The Labute approximate surface area is 95.6 Å². The molecule has 0 fully saturated rings. The van der Waals surface area contributed by atoms with Crippen LogP contribution >= 0.6 is 11.3 Å². The maximum Gasteiger partial charge on any atom is 0.111 e. The third kappa shape index (κ3) is 1.53. The lowest BCUT2D eigenvalue weighted by molar-refractivity contribution is 1.06. The van der Waals surface area contributed by atoms with E-state index < -0.39 is 0 Å². The minimum Gasteiger partial charge on any atom is -0.276 e. The van der Waals surface area contributed by atoms with Crippen molar-refractivity contribution in [3.05, 3.63) is 29.5 Å². The van der Waals surface area contributed by atoms with Gasteiger partial charge in [0, 0.05) is 12.4 Å². The van der Waals surface area contributed by atoms with Crippen molar-refractivity contribution in [2.24, 2.45) is 0 Å². The normalized spacial score (nSPS) is 10.8. The van der Waals surface area contributed by atoms with Gasteiger partial charge in [-0.05, 0) is 19.1 Å². The summed E-state index contributed by atoms with van der Waals surface area (Å²) in [6.07, 6.45) is 3.56. The summed E-state index contributed by atoms with van der Waals surface area (Å²) < 4.78 is 0. The molecule has 0 saturated carbocycles.